The molecule has 0 radical (unpaired) electrons. The number of anilines is 2. The SMILES string of the molecule is Cc1ccc(N)c(NC(=O)COc2cccc(Cl)c2)c1C. The maximum Gasteiger partial charge on any atom is 0.262 e. The van der Waals surface area contributed by atoms with Crippen LogP contribution < -0.4 is 15.8 Å². The van der Waals surface area contributed by atoms with Crippen LogP contribution in [0.1, 0.15) is 11.1 Å². The van der Waals surface area contributed by atoms with Gasteiger partial charge in [-0.25, -0.2) is 0 Å². The fourth-order valence-corrected chi connectivity index (χ4v) is 2.06. The van der Waals surface area contributed by atoms with Crippen LogP contribution in [0.3, 0.4) is 0 Å². The van der Waals surface area contributed by atoms with E-state index in [2.05, 4.69) is 5.32 Å². The highest BCUT2D eigenvalue weighted by Gasteiger charge is 2.10. The number of hydrogen-bond acceptors (Lipinski definition) is 3. The highest BCUT2D eigenvalue weighted by atomic mass is 35.5. The lowest BCUT2D eigenvalue weighted by Gasteiger charge is -2.13. The van der Waals surface area contributed by atoms with Crippen LogP contribution in [0.5, 0.6) is 5.75 Å². The highest BCUT2D eigenvalue weighted by molar-refractivity contribution is 6.30. The van der Waals surface area contributed by atoms with Crippen LogP contribution in [0.4, 0.5) is 11.4 Å². The van der Waals surface area contributed by atoms with Gasteiger partial charge in [0.25, 0.3) is 5.91 Å². The van der Waals surface area contributed by atoms with E-state index in [4.69, 9.17) is 22.1 Å². The first-order valence-electron chi connectivity index (χ1n) is 6.51. The lowest BCUT2D eigenvalue weighted by Crippen LogP contribution is -2.21. The lowest BCUT2D eigenvalue weighted by molar-refractivity contribution is -0.118. The van der Waals surface area contributed by atoms with Crippen LogP contribution in [0.2, 0.25) is 5.02 Å². The number of nitrogen functional groups attached to an aromatic ring is 1. The fourth-order valence-electron chi connectivity index (χ4n) is 1.88. The minimum atomic E-state index is -0.268. The van der Waals surface area contributed by atoms with Crippen molar-refractivity contribution in [2.45, 2.75) is 13.8 Å². The molecule has 0 aromatic heterocycles. The Morgan fingerprint density at radius 3 is 2.76 bits per heavy atom. The summed E-state index contributed by atoms with van der Waals surface area (Å²) >= 11 is 5.85. The number of rotatable bonds is 4. The summed E-state index contributed by atoms with van der Waals surface area (Å²) in [5.74, 6) is 0.280. The van der Waals surface area contributed by atoms with E-state index in [9.17, 15) is 4.79 Å². The molecular weight excluding hydrogens is 288 g/mol. The van der Waals surface area contributed by atoms with Crippen LogP contribution in [0, 0.1) is 13.8 Å². The molecule has 0 heterocycles. The van der Waals surface area contributed by atoms with E-state index in [-0.39, 0.29) is 12.5 Å². The largest absolute Gasteiger partial charge is 0.484 e. The van der Waals surface area contributed by atoms with Gasteiger partial charge in [-0.05, 0) is 49.2 Å². The van der Waals surface area contributed by atoms with Crippen LogP contribution in [-0.4, -0.2) is 12.5 Å². The predicted molar refractivity (Wildman–Crippen MR) is 85.9 cm³/mol. The smallest absolute Gasteiger partial charge is 0.262 e. The van der Waals surface area contributed by atoms with Crippen molar-refractivity contribution in [3.63, 3.8) is 0 Å². The first-order chi connectivity index (χ1) is 9.97. The number of amides is 1. The van der Waals surface area contributed by atoms with Crippen molar-refractivity contribution in [1.82, 2.24) is 0 Å². The molecular formula is C16H17ClN2O2. The van der Waals surface area contributed by atoms with E-state index >= 15 is 0 Å². The van der Waals surface area contributed by atoms with E-state index in [1.807, 2.05) is 19.9 Å². The van der Waals surface area contributed by atoms with E-state index in [0.717, 1.165) is 11.1 Å². The quantitative estimate of drug-likeness (QED) is 0.849. The average molecular weight is 305 g/mol. The van der Waals surface area contributed by atoms with Gasteiger partial charge in [0.2, 0.25) is 0 Å². The number of ether oxygens (including phenoxy) is 1. The van der Waals surface area contributed by atoms with E-state index in [0.29, 0.717) is 22.1 Å². The highest BCUT2D eigenvalue weighted by Crippen LogP contribution is 2.25. The second-order valence-corrected chi connectivity index (χ2v) is 5.20. The Morgan fingerprint density at radius 1 is 1.29 bits per heavy atom. The van der Waals surface area contributed by atoms with Gasteiger partial charge in [0.1, 0.15) is 5.75 Å². The van der Waals surface area contributed by atoms with Crippen LogP contribution in [0.25, 0.3) is 0 Å². The first-order valence-corrected chi connectivity index (χ1v) is 6.89. The minimum Gasteiger partial charge on any atom is -0.484 e. The molecule has 0 aliphatic rings. The third-order valence-electron chi connectivity index (χ3n) is 3.20. The maximum atomic E-state index is 12.0. The van der Waals surface area contributed by atoms with Gasteiger partial charge in [-0.1, -0.05) is 23.7 Å². The molecule has 2 aromatic carbocycles. The third-order valence-corrected chi connectivity index (χ3v) is 3.43. The molecule has 0 spiro atoms. The van der Waals surface area contributed by atoms with Gasteiger partial charge in [0.05, 0.1) is 11.4 Å². The van der Waals surface area contributed by atoms with Gasteiger partial charge in [0, 0.05) is 5.02 Å². The Kier molecular flexibility index (Phi) is 4.70. The average Bonchev–Trinajstić information content (AvgIpc) is 2.46. The number of benzene rings is 2. The zero-order valence-corrected chi connectivity index (χ0v) is 12.7. The predicted octanol–water partition coefficient (Wildman–Crippen LogP) is 3.56. The summed E-state index contributed by atoms with van der Waals surface area (Å²) in [4.78, 5) is 12.0. The van der Waals surface area contributed by atoms with Crippen molar-refractivity contribution >= 4 is 28.9 Å². The molecule has 0 unspecified atom stereocenters. The van der Waals surface area contributed by atoms with Crippen LogP contribution >= 0.6 is 11.6 Å². The molecule has 1 amide bonds. The van der Waals surface area contributed by atoms with Gasteiger partial charge in [-0.3, -0.25) is 4.79 Å². The van der Waals surface area contributed by atoms with E-state index < -0.39 is 0 Å². The molecule has 0 aliphatic carbocycles. The summed E-state index contributed by atoms with van der Waals surface area (Å²) in [6.07, 6.45) is 0. The minimum absolute atomic E-state index is 0.104. The van der Waals surface area contributed by atoms with Crippen LogP contribution in [0.15, 0.2) is 36.4 Å². The number of carbonyl (C=O) groups is 1. The molecule has 2 aromatic rings. The number of nitrogens with two attached hydrogens (primary N) is 1. The molecule has 2 rings (SSSR count). The Hall–Kier alpha value is -2.20. The fraction of sp³-hybridized carbons (Fsp3) is 0.188. The monoisotopic (exact) mass is 304 g/mol. The zero-order valence-electron chi connectivity index (χ0n) is 11.9. The maximum absolute atomic E-state index is 12.0. The normalized spacial score (nSPS) is 10.2. The van der Waals surface area contributed by atoms with Crippen molar-refractivity contribution in [3.05, 3.63) is 52.5 Å². The van der Waals surface area contributed by atoms with Gasteiger partial charge >= 0.3 is 0 Å². The van der Waals surface area contributed by atoms with Gasteiger partial charge in [-0.15, -0.1) is 0 Å². The standard InChI is InChI=1S/C16H17ClN2O2/c1-10-6-7-14(18)16(11(10)2)19-15(20)9-21-13-5-3-4-12(17)8-13/h3-8H,9,18H2,1-2H3,(H,19,20). The summed E-state index contributed by atoms with van der Waals surface area (Å²) in [5, 5.41) is 3.34. The molecule has 3 N–H and O–H groups in total. The van der Waals surface area contributed by atoms with Crippen molar-refractivity contribution in [2.24, 2.45) is 0 Å². The molecule has 21 heavy (non-hydrogen) atoms. The summed E-state index contributed by atoms with van der Waals surface area (Å²) < 4.78 is 5.39. The summed E-state index contributed by atoms with van der Waals surface area (Å²) in [6.45, 7) is 3.78. The molecule has 0 saturated carbocycles. The number of carbonyl (C=O) groups excluding carboxylic acids is 1. The van der Waals surface area contributed by atoms with Crippen molar-refractivity contribution in [3.8, 4) is 5.75 Å². The van der Waals surface area contributed by atoms with E-state index in [1.165, 1.54) is 0 Å². The van der Waals surface area contributed by atoms with E-state index in [1.54, 1.807) is 30.3 Å². The topological polar surface area (TPSA) is 64.3 Å². The van der Waals surface area contributed by atoms with Crippen LogP contribution in [-0.2, 0) is 4.79 Å². The van der Waals surface area contributed by atoms with Crippen molar-refractivity contribution < 1.29 is 9.53 Å². The molecule has 0 fully saturated rings. The third kappa shape index (κ3) is 3.89. The molecule has 0 saturated heterocycles. The lowest BCUT2D eigenvalue weighted by atomic mass is 10.1. The number of aryl methyl sites for hydroxylation is 1. The number of halogens is 1. The zero-order chi connectivity index (χ0) is 15.4. The Bertz CT molecular complexity index is 671. The Labute approximate surface area is 128 Å². The van der Waals surface area contributed by atoms with Crippen molar-refractivity contribution in [1.29, 1.82) is 0 Å². The molecule has 0 bridgehead atoms. The Balaban J connectivity index is 2.01. The van der Waals surface area contributed by atoms with Gasteiger partial charge in [-0.2, -0.15) is 0 Å². The summed E-state index contributed by atoms with van der Waals surface area (Å²) in [5.41, 5.74) is 9.08. The van der Waals surface area contributed by atoms with Gasteiger partial charge in [0.15, 0.2) is 6.61 Å². The molecule has 0 atom stereocenters. The second kappa shape index (κ2) is 6.50. The molecule has 0 aliphatic heterocycles. The second-order valence-electron chi connectivity index (χ2n) is 4.77. The molecule has 4 nitrogen and oxygen atoms in total. The van der Waals surface area contributed by atoms with Gasteiger partial charge < -0.3 is 15.8 Å². The summed E-state index contributed by atoms with van der Waals surface area (Å²) in [7, 11) is 0. The molecule has 5 heteroatoms. The molecule has 110 valence electrons. The number of hydrogen-bond donors (Lipinski definition) is 2. The summed E-state index contributed by atoms with van der Waals surface area (Å²) in [6, 6.07) is 10.6. The number of nitrogens with one attached hydrogen (secondary N) is 1. The Morgan fingerprint density at radius 2 is 2.05 bits per heavy atom. The first kappa shape index (κ1) is 15.2. The van der Waals surface area contributed by atoms with Crippen molar-refractivity contribution in [2.75, 3.05) is 17.7 Å².